The first-order valence-corrected chi connectivity index (χ1v) is 9.44. The van der Waals surface area contributed by atoms with E-state index in [1.807, 2.05) is 43.3 Å². The fraction of sp³-hybridized carbons (Fsp3) is 0.304. The quantitative estimate of drug-likeness (QED) is 0.660. The molecule has 1 aromatic heterocycles. The highest BCUT2D eigenvalue weighted by atomic mass is 16.5. The van der Waals surface area contributed by atoms with Crippen LogP contribution in [0.5, 0.6) is 5.75 Å². The molecule has 1 atom stereocenters. The monoisotopic (exact) mass is 357 g/mol. The average Bonchev–Trinajstić information content (AvgIpc) is 3.11. The van der Waals surface area contributed by atoms with Gasteiger partial charge in [0.1, 0.15) is 12.4 Å². The smallest absolute Gasteiger partial charge is 0.122 e. The third-order valence-corrected chi connectivity index (χ3v) is 5.24. The molecule has 27 heavy (non-hydrogen) atoms. The molecule has 0 spiro atoms. The second kappa shape index (κ2) is 7.28. The van der Waals surface area contributed by atoms with E-state index in [4.69, 9.17) is 15.0 Å². The summed E-state index contributed by atoms with van der Waals surface area (Å²) >= 11 is 0. The third-order valence-electron chi connectivity index (χ3n) is 5.24. The Morgan fingerprint density at radius 2 is 2.00 bits per heavy atom. The van der Waals surface area contributed by atoms with Crippen molar-refractivity contribution in [3.63, 3.8) is 0 Å². The van der Waals surface area contributed by atoms with Crippen molar-refractivity contribution in [1.82, 2.24) is 4.98 Å². The molecular formula is C23H23N3O. The lowest BCUT2D eigenvalue weighted by Crippen LogP contribution is -2.26. The summed E-state index contributed by atoms with van der Waals surface area (Å²) < 4.78 is 5.96. The molecule has 4 nitrogen and oxygen atoms in total. The molecule has 1 saturated heterocycles. The SMILES string of the molecule is Cc1cc(N2CCC[C@H]2C)c2ccc(OCc3ccc(C#N)cc3)cc2n1. The standard InChI is InChI=1S/C23H23N3O/c1-16-12-23(26-11-3-4-17(26)2)21-10-9-20(13-22(21)25-16)27-15-19-7-5-18(14-24)6-8-19/h5-10,12-13,17H,3-4,11,15H2,1-2H3/t17-/m1/s1. The van der Waals surface area contributed by atoms with E-state index in [0.29, 0.717) is 18.2 Å². The Hall–Kier alpha value is -3.06. The summed E-state index contributed by atoms with van der Waals surface area (Å²) in [6.07, 6.45) is 2.49. The number of fused-ring (bicyclic) bond motifs is 1. The average molecular weight is 357 g/mol. The third kappa shape index (κ3) is 3.59. The van der Waals surface area contributed by atoms with Crippen LogP contribution < -0.4 is 9.64 Å². The molecule has 4 rings (SSSR count). The van der Waals surface area contributed by atoms with Gasteiger partial charge in [-0.2, -0.15) is 5.26 Å². The van der Waals surface area contributed by atoms with Crippen LogP contribution in [0, 0.1) is 18.3 Å². The molecule has 4 heteroatoms. The number of pyridine rings is 1. The highest BCUT2D eigenvalue weighted by molar-refractivity contribution is 5.93. The molecule has 2 aromatic carbocycles. The van der Waals surface area contributed by atoms with Crippen molar-refractivity contribution in [2.24, 2.45) is 0 Å². The van der Waals surface area contributed by atoms with Crippen LogP contribution in [0.3, 0.4) is 0 Å². The van der Waals surface area contributed by atoms with Crippen LogP contribution in [0.25, 0.3) is 10.9 Å². The minimum Gasteiger partial charge on any atom is -0.489 e. The molecule has 3 aromatic rings. The molecule has 0 N–H and O–H groups in total. The molecule has 0 unspecified atom stereocenters. The van der Waals surface area contributed by atoms with Gasteiger partial charge in [-0.3, -0.25) is 4.98 Å². The van der Waals surface area contributed by atoms with Gasteiger partial charge in [0, 0.05) is 35.4 Å². The molecule has 136 valence electrons. The number of aromatic nitrogens is 1. The normalized spacial score (nSPS) is 16.5. The summed E-state index contributed by atoms with van der Waals surface area (Å²) in [6, 6.07) is 18.5. The van der Waals surface area contributed by atoms with E-state index in [0.717, 1.165) is 29.1 Å². The van der Waals surface area contributed by atoms with E-state index in [-0.39, 0.29) is 0 Å². The zero-order valence-corrected chi connectivity index (χ0v) is 15.8. The maximum absolute atomic E-state index is 8.89. The van der Waals surface area contributed by atoms with Gasteiger partial charge in [0.15, 0.2) is 0 Å². The number of nitriles is 1. The van der Waals surface area contributed by atoms with Crippen molar-refractivity contribution >= 4 is 16.6 Å². The van der Waals surface area contributed by atoms with Crippen LogP contribution in [-0.4, -0.2) is 17.6 Å². The van der Waals surface area contributed by atoms with E-state index in [2.05, 4.69) is 30.0 Å². The zero-order chi connectivity index (χ0) is 18.8. The number of anilines is 1. The van der Waals surface area contributed by atoms with Crippen molar-refractivity contribution in [2.45, 2.75) is 39.3 Å². The minimum atomic E-state index is 0.471. The largest absolute Gasteiger partial charge is 0.489 e. The summed E-state index contributed by atoms with van der Waals surface area (Å²) in [7, 11) is 0. The summed E-state index contributed by atoms with van der Waals surface area (Å²) in [5.74, 6) is 0.811. The predicted molar refractivity (Wildman–Crippen MR) is 108 cm³/mol. The molecule has 0 bridgehead atoms. The number of nitrogens with zero attached hydrogens (tertiary/aromatic N) is 3. The van der Waals surface area contributed by atoms with E-state index < -0.39 is 0 Å². The highest BCUT2D eigenvalue weighted by Crippen LogP contribution is 2.33. The Bertz CT molecular complexity index is 1000. The van der Waals surface area contributed by atoms with E-state index in [9.17, 15) is 0 Å². The van der Waals surface area contributed by atoms with Gasteiger partial charge in [0.25, 0.3) is 0 Å². The molecular weight excluding hydrogens is 334 g/mol. The van der Waals surface area contributed by atoms with Gasteiger partial charge < -0.3 is 9.64 Å². The first kappa shape index (κ1) is 17.4. The van der Waals surface area contributed by atoms with Crippen LogP contribution in [0.4, 0.5) is 5.69 Å². The van der Waals surface area contributed by atoms with Gasteiger partial charge in [-0.05, 0) is 62.6 Å². The van der Waals surface area contributed by atoms with Crippen LogP contribution in [0.1, 0.15) is 36.6 Å². The van der Waals surface area contributed by atoms with Gasteiger partial charge in [-0.25, -0.2) is 0 Å². The molecule has 2 heterocycles. The molecule has 1 aliphatic heterocycles. The van der Waals surface area contributed by atoms with Crippen molar-refractivity contribution < 1.29 is 4.74 Å². The van der Waals surface area contributed by atoms with Crippen LogP contribution in [-0.2, 0) is 6.61 Å². The van der Waals surface area contributed by atoms with E-state index in [1.165, 1.54) is 23.9 Å². The summed E-state index contributed by atoms with van der Waals surface area (Å²) in [5, 5.41) is 10.1. The summed E-state index contributed by atoms with van der Waals surface area (Å²) in [5.41, 5.74) is 4.98. The van der Waals surface area contributed by atoms with Crippen LogP contribution >= 0.6 is 0 Å². The molecule has 0 amide bonds. The van der Waals surface area contributed by atoms with Gasteiger partial charge in [0.2, 0.25) is 0 Å². The molecule has 0 radical (unpaired) electrons. The highest BCUT2D eigenvalue weighted by Gasteiger charge is 2.22. The Kier molecular flexibility index (Phi) is 4.68. The maximum Gasteiger partial charge on any atom is 0.122 e. The molecule has 1 fully saturated rings. The van der Waals surface area contributed by atoms with E-state index in [1.54, 1.807) is 0 Å². The topological polar surface area (TPSA) is 49.1 Å². The second-order valence-corrected chi connectivity index (χ2v) is 7.24. The lowest BCUT2D eigenvalue weighted by atomic mass is 10.1. The van der Waals surface area contributed by atoms with Gasteiger partial charge in [-0.1, -0.05) is 12.1 Å². The maximum atomic E-state index is 8.89. The number of ether oxygens (including phenoxy) is 1. The fourth-order valence-corrected chi connectivity index (χ4v) is 3.78. The predicted octanol–water partition coefficient (Wildman–Crippen LogP) is 4.98. The molecule has 0 saturated carbocycles. The van der Waals surface area contributed by atoms with E-state index >= 15 is 0 Å². The first-order valence-electron chi connectivity index (χ1n) is 9.44. The number of benzene rings is 2. The minimum absolute atomic E-state index is 0.471. The number of hydrogen-bond acceptors (Lipinski definition) is 4. The van der Waals surface area contributed by atoms with Gasteiger partial charge in [0.05, 0.1) is 17.1 Å². The van der Waals surface area contributed by atoms with Crippen LogP contribution in [0.2, 0.25) is 0 Å². The molecule has 0 aliphatic carbocycles. The van der Waals surface area contributed by atoms with Crippen molar-refractivity contribution in [2.75, 3.05) is 11.4 Å². The first-order chi connectivity index (χ1) is 13.1. The number of hydrogen-bond donors (Lipinski definition) is 0. The lowest BCUT2D eigenvalue weighted by Gasteiger charge is -2.25. The summed E-state index contributed by atoms with van der Waals surface area (Å²) in [4.78, 5) is 7.22. The van der Waals surface area contributed by atoms with Crippen LogP contribution in [0.15, 0.2) is 48.5 Å². The summed E-state index contributed by atoms with van der Waals surface area (Å²) in [6.45, 7) is 5.92. The number of rotatable bonds is 4. The zero-order valence-electron chi connectivity index (χ0n) is 15.8. The molecule has 1 aliphatic rings. The van der Waals surface area contributed by atoms with Gasteiger partial charge >= 0.3 is 0 Å². The van der Waals surface area contributed by atoms with Crippen molar-refractivity contribution in [1.29, 1.82) is 5.26 Å². The Morgan fingerprint density at radius 3 is 2.70 bits per heavy atom. The van der Waals surface area contributed by atoms with Crippen molar-refractivity contribution in [3.8, 4) is 11.8 Å². The fourth-order valence-electron chi connectivity index (χ4n) is 3.78. The lowest BCUT2D eigenvalue weighted by molar-refractivity contribution is 0.306. The van der Waals surface area contributed by atoms with Gasteiger partial charge in [-0.15, -0.1) is 0 Å². The Morgan fingerprint density at radius 1 is 1.19 bits per heavy atom. The second-order valence-electron chi connectivity index (χ2n) is 7.24. The Labute approximate surface area is 160 Å². The Balaban J connectivity index is 1.59. The number of aryl methyl sites for hydroxylation is 1. The van der Waals surface area contributed by atoms with Crippen molar-refractivity contribution in [3.05, 3.63) is 65.4 Å².